The number of aliphatic hydroxyl groups is 1. The number of halogens is 3. The van der Waals surface area contributed by atoms with Crippen LogP contribution in [0.25, 0.3) is 11.1 Å². The van der Waals surface area contributed by atoms with E-state index in [-0.39, 0.29) is 11.6 Å². The number of pyridine rings is 1. The lowest BCUT2D eigenvalue weighted by molar-refractivity contribution is 0.224. The van der Waals surface area contributed by atoms with Crippen molar-refractivity contribution >= 4 is 23.2 Å². The summed E-state index contributed by atoms with van der Waals surface area (Å²) in [5.41, 5.74) is 2.72. The molecule has 0 aliphatic rings. The van der Waals surface area contributed by atoms with Gasteiger partial charge < -0.3 is 9.84 Å². The number of aryl methyl sites for hydroxylation is 1. The molecule has 1 atom stereocenters. The van der Waals surface area contributed by atoms with Crippen LogP contribution in [-0.4, -0.2) is 26.5 Å². The molecule has 142 valence electrons. The van der Waals surface area contributed by atoms with Crippen LogP contribution in [0.3, 0.4) is 0 Å². The van der Waals surface area contributed by atoms with Gasteiger partial charge in [-0.25, -0.2) is 4.39 Å². The monoisotopic (exact) mass is 409 g/mol. The molecule has 0 aliphatic carbocycles. The molecule has 5 nitrogen and oxygen atoms in total. The third kappa shape index (κ3) is 4.24. The fraction of sp³-hybridized carbons (Fsp3) is 0.263. The number of rotatable bonds is 6. The maximum absolute atomic E-state index is 13.8. The van der Waals surface area contributed by atoms with Crippen molar-refractivity contribution in [3.8, 4) is 16.9 Å². The molecule has 0 amide bonds. The van der Waals surface area contributed by atoms with Crippen molar-refractivity contribution < 1.29 is 14.2 Å². The van der Waals surface area contributed by atoms with E-state index in [0.29, 0.717) is 28.6 Å². The van der Waals surface area contributed by atoms with Gasteiger partial charge in [-0.05, 0) is 32.0 Å². The van der Waals surface area contributed by atoms with Crippen LogP contribution in [0.1, 0.15) is 24.3 Å². The Kier molecular flexibility index (Phi) is 5.99. The SMILES string of the molecule is Cc1ncc(-c2cnn(CCO)c2)cc1OC(C)c1c(Cl)ccc(F)c1Cl. The van der Waals surface area contributed by atoms with E-state index in [9.17, 15) is 4.39 Å². The molecule has 0 aliphatic heterocycles. The smallest absolute Gasteiger partial charge is 0.142 e. The van der Waals surface area contributed by atoms with E-state index in [1.54, 1.807) is 24.0 Å². The van der Waals surface area contributed by atoms with Gasteiger partial charge in [-0.2, -0.15) is 5.10 Å². The van der Waals surface area contributed by atoms with Gasteiger partial charge in [-0.1, -0.05) is 23.2 Å². The molecule has 1 N–H and O–H groups in total. The van der Waals surface area contributed by atoms with Crippen LogP contribution < -0.4 is 4.74 Å². The lowest BCUT2D eigenvalue weighted by atomic mass is 10.1. The molecule has 0 spiro atoms. The van der Waals surface area contributed by atoms with Gasteiger partial charge in [-0.15, -0.1) is 0 Å². The highest BCUT2D eigenvalue weighted by molar-refractivity contribution is 6.36. The lowest BCUT2D eigenvalue weighted by Crippen LogP contribution is -2.07. The average Bonchev–Trinajstić information content (AvgIpc) is 3.09. The number of nitrogens with zero attached hydrogens (tertiary/aromatic N) is 3. The Bertz CT molecular complexity index is 962. The molecule has 3 rings (SSSR count). The van der Waals surface area contributed by atoms with Crippen molar-refractivity contribution in [3.05, 3.63) is 63.9 Å². The van der Waals surface area contributed by atoms with Gasteiger partial charge in [0, 0.05) is 34.1 Å². The molecule has 0 saturated carbocycles. The molecule has 2 heterocycles. The first kappa shape index (κ1) is 19.6. The van der Waals surface area contributed by atoms with E-state index in [1.165, 1.54) is 12.1 Å². The van der Waals surface area contributed by atoms with Crippen LogP contribution in [0, 0.1) is 12.7 Å². The molecule has 0 radical (unpaired) electrons. The first-order valence-electron chi connectivity index (χ1n) is 8.31. The Balaban J connectivity index is 1.90. The second kappa shape index (κ2) is 8.25. The zero-order valence-corrected chi connectivity index (χ0v) is 16.3. The molecule has 0 fully saturated rings. The second-order valence-corrected chi connectivity index (χ2v) is 6.83. The van der Waals surface area contributed by atoms with Crippen molar-refractivity contribution in [2.45, 2.75) is 26.5 Å². The van der Waals surface area contributed by atoms with E-state index in [2.05, 4.69) is 10.1 Å². The topological polar surface area (TPSA) is 60.2 Å². The Labute approximate surface area is 166 Å². The molecule has 2 aromatic heterocycles. The minimum absolute atomic E-state index is 0.00823. The van der Waals surface area contributed by atoms with Gasteiger partial charge >= 0.3 is 0 Å². The Morgan fingerprint density at radius 1 is 1.26 bits per heavy atom. The molecule has 27 heavy (non-hydrogen) atoms. The Morgan fingerprint density at radius 2 is 2.04 bits per heavy atom. The third-order valence-corrected chi connectivity index (χ3v) is 4.84. The lowest BCUT2D eigenvalue weighted by Gasteiger charge is -2.19. The standard InChI is InChI=1S/C19H18Cl2FN3O2/c1-11-17(27-12(2)18-15(20)3-4-16(22)19(18)21)7-13(8-23-11)14-9-24-25(10-14)5-6-26/h3-4,7-10,12,26H,5-6H2,1-2H3. The predicted octanol–water partition coefficient (Wildman–Crippen LogP) is 4.83. The normalized spacial score (nSPS) is 12.2. The first-order valence-corrected chi connectivity index (χ1v) is 9.06. The van der Waals surface area contributed by atoms with Crippen LogP contribution in [0.2, 0.25) is 10.0 Å². The summed E-state index contributed by atoms with van der Waals surface area (Å²) in [4.78, 5) is 4.37. The summed E-state index contributed by atoms with van der Waals surface area (Å²) in [6, 6.07) is 4.51. The largest absolute Gasteiger partial charge is 0.484 e. The van der Waals surface area contributed by atoms with E-state index < -0.39 is 11.9 Å². The fourth-order valence-electron chi connectivity index (χ4n) is 2.69. The van der Waals surface area contributed by atoms with E-state index >= 15 is 0 Å². The highest BCUT2D eigenvalue weighted by Crippen LogP contribution is 2.36. The maximum atomic E-state index is 13.8. The number of benzene rings is 1. The zero-order chi connectivity index (χ0) is 19.6. The van der Waals surface area contributed by atoms with Gasteiger partial charge in [0.2, 0.25) is 0 Å². The molecule has 1 unspecified atom stereocenters. The van der Waals surface area contributed by atoms with Crippen molar-refractivity contribution in [2.75, 3.05) is 6.61 Å². The fourth-order valence-corrected chi connectivity index (χ4v) is 3.37. The van der Waals surface area contributed by atoms with Crippen LogP contribution >= 0.6 is 23.2 Å². The highest BCUT2D eigenvalue weighted by Gasteiger charge is 2.20. The van der Waals surface area contributed by atoms with E-state index in [4.69, 9.17) is 33.0 Å². The molecular weight excluding hydrogens is 392 g/mol. The molecule has 0 saturated heterocycles. The summed E-state index contributed by atoms with van der Waals surface area (Å²) in [6.45, 7) is 3.98. The second-order valence-electron chi connectivity index (χ2n) is 6.04. The number of ether oxygens (including phenoxy) is 1. The minimum atomic E-state index is -0.575. The zero-order valence-electron chi connectivity index (χ0n) is 14.8. The average molecular weight is 410 g/mol. The summed E-state index contributed by atoms with van der Waals surface area (Å²) in [5.74, 6) is -0.0160. The summed E-state index contributed by atoms with van der Waals surface area (Å²) in [5, 5.41) is 13.5. The predicted molar refractivity (Wildman–Crippen MR) is 103 cm³/mol. The van der Waals surface area contributed by atoms with Gasteiger partial charge in [-0.3, -0.25) is 9.67 Å². The van der Waals surface area contributed by atoms with Gasteiger partial charge in [0.25, 0.3) is 0 Å². The Morgan fingerprint density at radius 3 is 2.78 bits per heavy atom. The Hall–Kier alpha value is -2.15. The van der Waals surface area contributed by atoms with Crippen LogP contribution in [-0.2, 0) is 6.54 Å². The summed E-state index contributed by atoms with van der Waals surface area (Å²) in [6.07, 6.45) is 4.65. The van der Waals surface area contributed by atoms with Crippen molar-refractivity contribution in [1.82, 2.24) is 14.8 Å². The maximum Gasteiger partial charge on any atom is 0.142 e. The van der Waals surface area contributed by atoms with Crippen LogP contribution in [0.5, 0.6) is 5.75 Å². The van der Waals surface area contributed by atoms with Crippen molar-refractivity contribution in [2.24, 2.45) is 0 Å². The number of hydrogen-bond acceptors (Lipinski definition) is 4. The van der Waals surface area contributed by atoms with Crippen molar-refractivity contribution in [1.29, 1.82) is 0 Å². The molecule has 8 heteroatoms. The molecule has 3 aromatic rings. The quantitative estimate of drug-likeness (QED) is 0.592. The third-order valence-electron chi connectivity index (χ3n) is 4.13. The number of aliphatic hydroxyl groups excluding tert-OH is 1. The van der Waals surface area contributed by atoms with Crippen LogP contribution in [0.4, 0.5) is 4.39 Å². The molecule has 0 bridgehead atoms. The van der Waals surface area contributed by atoms with Gasteiger partial charge in [0.1, 0.15) is 17.7 Å². The number of aromatic nitrogens is 3. The number of hydrogen-bond donors (Lipinski definition) is 1. The van der Waals surface area contributed by atoms with Gasteiger partial charge in [0.15, 0.2) is 0 Å². The molecule has 1 aromatic carbocycles. The van der Waals surface area contributed by atoms with Gasteiger partial charge in [0.05, 0.1) is 30.1 Å². The molecular formula is C19H18Cl2FN3O2. The first-order chi connectivity index (χ1) is 12.9. The minimum Gasteiger partial charge on any atom is -0.484 e. The van der Waals surface area contributed by atoms with Crippen molar-refractivity contribution in [3.63, 3.8) is 0 Å². The summed E-state index contributed by atoms with van der Waals surface area (Å²) >= 11 is 12.3. The summed E-state index contributed by atoms with van der Waals surface area (Å²) in [7, 11) is 0. The van der Waals surface area contributed by atoms with Crippen LogP contribution in [0.15, 0.2) is 36.8 Å². The highest BCUT2D eigenvalue weighted by atomic mass is 35.5. The van der Waals surface area contributed by atoms with E-state index in [0.717, 1.165) is 11.1 Å². The van der Waals surface area contributed by atoms with E-state index in [1.807, 2.05) is 19.2 Å². The summed E-state index contributed by atoms with van der Waals surface area (Å²) < 4.78 is 21.4.